The molecule has 1 aliphatic rings. The molecular weight excluding hydrogens is 442 g/mol. The fourth-order valence-corrected chi connectivity index (χ4v) is 4.48. The number of aromatic nitrogens is 5. The number of aryl methyl sites for hydroxylation is 1. The van der Waals surface area contributed by atoms with E-state index < -0.39 is 11.7 Å². The first-order valence-corrected chi connectivity index (χ1v) is 11.5. The summed E-state index contributed by atoms with van der Waals surface area (Å²) in [5.41, 5.74) is 1.02. The Balaban J connectivity index is 1.84. The highest BCUT2D eigenvalue weighted by atomic mass is 19.3. The number of pyridine rings is 1. The van der Waals surface area contributed by atoms with Gasteiger partial charge in [0.2, 0.25) is 11.7 Å². The van der Waals surface area contributed by atoms with E-state index in [2.05, 4.69) is 43.9 Å². The highest BCUT2D eigenvalue weighted by Crippen LogP contribution is 2.33. The van der Waals surface area contributed by atoms with Gasteiger partial charge < -0.3 is 10.2 Å². The molecule has 1 atom stereocenters. The molecule has 0 unspecified atom stereocenters. The molecule has 1 fully saturated rings. The fraction of sp³-hybridized carbons (Fsp3) is 0.522. The van der Waals surface area contributed by atoms with E-state index in [-0.39, 0.29) is 11.7 Å². The zero-order valence-corrected chi connectivity index (χ0v) is 20.1. The highest BCUT2D eigenvalue weighted by molar-refractivity contribution is 5.95. The maximum Gasteiger partial charge on any atom is 0.303 e. The lowest BCUT2D eigenvalue weighted by atomic mass is 10.2. The number of halogens is 2. The molecule has 0 aliphatic carbocycles. The molecule has 9 nitrogen and oxygen atoms in total. The van der Waals surface area contributed by atoms with E-state index in [4.69, 9.17) is 5.10 Å². The number of carbonyl (C=O) groups is 1. The van der Waals surface area contributed by atoms with Gasteiger partial charge in [0.1, 0.15) is 5.82 Å². The standard InChI is InChI=1S/C23H30F2N8O/c1-6-31(7-2)16-8-9-32(13-16)21-17-12-26-19(28-15(4)34)11-18(17)33(30-21)20-10-14(3)27-22(29-20)23(5,24)25/h10-12,16H,6-9,13H2,1-5H3,(H,26,28,34)/t16-/m0/s1. The molecule has 4 heterocycles. The summed E-state index contributed by atoms with van der Waals surface area (Å²) in [6.07, 6.45) is 2.67. The van der Waals surface area contributed by atoms with Crippen LogP contribution in [0.5, 0.6) is 0 Å². The van der Waals surface area contributed by atoms with Crippen LogP contribution < -0.4 is 10.2 Å². The molecule has 0 aromatic carbocycles. The largest absolute Gasteiger partial charge is 0.353 e. The Labute approximate surface area is 197 Å². The number of amides is 1. The van der Waals surface area contributed by atoms with E-state index >= 15 is 0 Å². The lowest BCUT2D eigenvalue weighted by Crippen LogP contribution is -2.37. The second-order valence-electron chi connectivity index (χ2n) is 8.69. The van der Waals surface area contributed by atoms with Gasteiger partial charge in [-0.05, 0) is 26.4 Å². The van der Waals surface area contributed by atoms with Crippen molar-refractivity contribution >= 4 is 28.4 Å². The first-order valence-electron chi connectivity index (χ1n) is 11.5. The molecule has 0 bridgehead atoms. The average molecular weight is 473 g/mol. The summed E-state index contributed by atoms with van der Waals surface area (Å²) in [5, 5.41) is 8.24. The summed E-state index contributed by atoms with van der Waals surface area (Å²) in [7, 11) is 0. The summed E-state index contributed by atoms with van der Waals surface area (Å²) < 4.78 is 29.7. The van der Waals surface area contributed by atoms with Crippen molar-refractivity contribution in [2.45, 2.75) is 53.0 Å². The van der Waals surface area contributed by atoms with Gasteiger partial charge in [-0.1, -0.05) is 13.8 Å². The number of nitrogens with zero attached hydrogens (tertiary/aromatic N) is 7. The molecule has 4 rings (SSSR count). The van der Waals surface area contributed by atoms with Gasteiger partial charge >= 0.3 is 5.92 Å². The van der Waals surface area contributed by atoms with E-state index in [1.165, 1.54) is 11.6 Å². The number of fused-ring (bicyclic) bond motifs is 1. The third kappa shape index (κ3) is 4.70. The van der Waals surface area contributed by atoms with Gasteiger partial charge in [0.15, 0.2) is 11.6 Å². The summed E-state index contributed by atoms with van der Waals surface area (Å²) in [4.78, 5) is 28.6. The molecule has 11 heteroatoms. The first kappa shape index (κ1) is 23.9. The van der Waals surface area contributed by atoms with Gasteiger partial charge in [-0.25, -0.2) is 19.6 Å². The van der Waals surface area contributed by atoms with Crippen molar-refractivity contribution in [1.29, 1.82) is 0 Å². The average Bonchev–Trinajstić information content (AvgIpc) is 3.38. The van der Waals surface area contributed by atoms with Gasteiger partial charge in [0.05, 0.1) is 10.9 Å². The van der Waals surface area contributed by atoms with Crippen LogP contribution in [0.2, 0.25) is 0 Å². The Bertz CT molecular complexity index is 1200. The molecule has 182 valence electrons. The van der Waals surface area contributed by atoms with Gasteiger partial charge in [-0.2, -0.15) is 8.78 Å². The van der Waals surface area contributed by atoms with Gasteiger partial charge in [0, 0.05) is 57.0 Å². The van der Waals surface area contributed by atoms with Crippen LogP contribution in [-0.4, -0.2) is 67.8 Å². The quantitative estimate of drug-likeness (QED) is 0.563. The van der Waals surface area contributed by atoms with Crippen molar-refractivity contribution < 1.29 is 13.6 Å². The van der Waals surface area contributed by atoms with Crippen LogP contribution in [0.25, 0.3) is 16.7 Å². The topological polar surface area (TPSA) is 92.1 Å². The van der Waals surface area contributed by atoms with Crippen LogP contribution in [-0.2, 0) is 10.7 Å². The van der Waals surface area contributed by atoms with E-state index in [1.54, 1.807) is 25.3 Å². The molecule has 1 amide bonds. The number of hydrogen-bond donors (Lipinski definition) is 1. The molecule has 0 radical (unpaired) electrons. The second-order valence-corrected chi connectivity index (χ2v) is 8.69. The molecule has 3 aromatic rings. The molecule has 1 aliphatic heterocycles. The number of carbonyl (C=O) groups excluding carboxylic acids is 1. The normalized spacial score (nSPS) is 16.6. The SMILES string of the molecule is CCN(CC)[C@H]1CCN(c2nn(-c3cc(C)nc(C(C)(F)F)n3)c3cc(NC(C)=O)ncc23)C1. The van der Waals surface area contributed by atoms with Crippen molar-refractivity contribution in [2.75, 3.05) is 36.4 Å². The summed E-state index contributed by atoms with van der Waals surface area (Å²) in [6, 6.07) is 3.72. The van der Waals surface area contributed by atoms with Crippen molar-refractivity contribution in [1.82, 2.24) is 29.6 Å². The molecular formula is C23H30F2N8O. The lowest BCUT2D eigenvalue weighted by molar-refractivity contribution is -0.114. The van der Waals surface area contributed by atoms with Crippen LogP contribution in [0.1, 0.15) is 45.6 Å². The minimum Gasteiger partial charge on any atom is -0.353 e. The van der Waals surface area contributed by atoms with E-state index in [9.17, 15) is 13.6 Å². The van der Waals surface area contributed by atoms with Crippen LogP contribution in [0.3, 0.4) is 0 Å². The number of alkyl halides is 2. The number of hydrogen-bond acceptors (Lipinski definition) is 7. The zero-order valence-electron chi connectivity index (χ0n) is 20.1. The van der Waals surface area contributed by atoms with Crippen molar-refractivity contribution in [3.8, 4) is 5.82 Å². The Hall–Kier alpha value is -3.21. The Morgan fingerprint density at radius 1 is 1.26 bits per heavy atom. The molecule has 1 N–H and O–H groups in total. The number of nitrogens with one attached hydrogen (secondary N) is 1. The zero-order chi connectivity index (χ0) is 24.6. The maximum absolute atomic E-state index is 14.1. The van der Waals surface area contributed by atoms with E-state index in [1.807, 2.05) is 0 Å². The monoisotopic (exact) mass is 472 g/mol. The number of anilines is 2. The van der Waals surface area contributed by atoms with Crippen molar-refractivity contribution in [3.05, 3.63) is 29.8 Å². The minimum atomic E-state index is -3.19. The van der Waals surface area contributed by atoms with Gasteiger partial charge in [0.25, 0.3) is 0 Å². The number of rotatable bonds is 7. The Morgan fingerprint density at radius 2 is 2.00 bits per heavy atom. The number of likely N-dealkylation sites (N-methyl/N-ethyl adjacent to an activating group) is 1. The Kier molecular flexibility index (Phi) is 6.48. The maximum atomic E-state index is 14.1. The van der Waals surface area contributed by atoms with Crippen LogP contribution in [0.15, 0.2) is 18.3 Å². The third-order valence-corrected chi connectivity index (χ3v) is 6.09. The van der Waals surface area contributed by atoms with Gasteiger partial charge in [-0.3, -0.25) is 9.69 Å². The van der Waals surface area contributed by atoms with Crippen LogP contribution in [0, 0.1) is 6.92 Å². The second kappa shape index (κ2) is 9.21. The first-order chi connectivity index (χ1) is 16.1. The third-order valence-electron chi connectivity index (χ3n) is 6.09. The van der Waals surface area contributed by atoms with E-state index in [0.29, 0.717) is 28.9 Å². The van der Waals surface area contributed by atoms with Gasteiger partial charge in [-0.15, -0.1) is 5.10 Å². The summed E-state index contributed by atoms with van der Waals surface area (Å²) in [5.74, 6) is -2.71. The highest BCUT2D eigenvalue weighted by Gasteiger charge is 2.31. The summed E-state index contributed by atoms with van der Waals surface area (Å²) >= 11 is 0. The van der Waals surface area contributed by atoms with Crippen molar-refractivity contribution in [3.63, 3.8) is 0 Å². The van der Waals surface area contributed by atoms with Crippen molar-refractivity contribution in [2.24, 2.45) is 0 Å². The molecule has 0 spiro atoms. The minimum absolute atomic E-state index is 0.236. The predicted molar refractivity (Wildman–Crippen MR) is 127 cm³/mol. The Morgan fingerprint density at radius 3 is 2.65 bits per heavy atom. The van der Waals surface area contributed by atoms with E-state index in [0.717, 1.165) is 44.9 Å². The van der Waals surface area contributed by atoms with Crippen LogP contribution in [0.4, 0.5) is 20.4 Å². The van der Waals surface area contributed by atoms with Crippen LogP contribution >= 0.6 is 0 Å². The molecule has 34 heavy (non-hydrogen) atoms. The fourth-order valence-electron chi connectivity index (χ4n) is 4.48. The summed E-state index contributed by atoms with van der Waals surface area (Å²) in [6.45, 7) is 11.7. The predicted octanol–water partition coefficient (Wildman–Crippen LogP) is 3.51. The molecule has 3 aromatic heterocycles. The molecule has 0 saturated carbocycles. The lowest BCUT2D eigenvalue weighted by Gasteiger charge is -2.26. The smallest absolute Gasteiger partial charge is 0.303 e. The molecule has 1 saturated heterocycles.